The van der Waals surface area contributed by atoms with Gasteiger partial charge in [0.05, 0.1) is 5.58 Å². The summed E-state index contributed by atoms with van der Waals surface area (Å²) in [5, 5.41) is 6.35. The molecule has 0 aliphatic carbocycles. The molecule has 0 aliphatic rings. The van der Waals surface area contributed by atoms with Crippen LogP contribution in [0, 0.1) is 12.1 Å². The smallest absolute Gasteiger partial charge is 0.501 e. The van der Waals surface area contributed by atoms with Gasteiger partial charge in [-0.2, -0.15) is 11.2 Å². The minimum absolute atomic E-state index is 0. The number of benzene rings is 3. The van der Waals surface area contributed by atoms with Gasteiger partial charge < -0.3 is 9.15 Å². The number of hydrogen-bond donors (Lipinski definition) is 0. The van der Waals surface area contributed by atoms with Crippen molar-refractivity contribution in [3.63, 3.8) is 0 Å². The van der Waals surface area contributed by atoms with E-state index in [2.05, 4.69) is 23.3 Å². The van der Waals surface area contributed by atoms with E-state index in [1.54, 1.807) is 10.9 Å². The minimum Gasteiger partial charge on any atom is -0.501 e. The Morgan fingerprint density at radius 2 is 1.78 bits per heavy atom. The van der Waals surface area contributed by atoms with E-state index in [1.165, 1.54) is 0 Å². The third kappa shape index (κ3) is 3.61. The van der Waals surface area contributed by atoms with Crippen molar-refractivity contribution >= 4 is 21.9 Å². The predicted octanol–water partition coefficient (Wildman–Crippen LogP) is 6.22. The Morgan fingerprint density at radius 1 is 0.875 bits per heavy atom. The Bertz CT molecular complexity index is 1520. The minimum atomic E-state index is 0. The molecule has 0 aliphatic heterocycles. The molecule has 0 saturated heterocycles. The van der Waals surface area contributed by atoms with Crippen LogP contribution in [-0.4, -0.2) is 14.8 Å². The van der Waals surface area contributed by atoms with E-state index in [4.69, 9.17) is 14.1 Å². The summed E-state index contributed by atoms with van der Waals surface area (Å²) in [5.41, 5.74) is 3.93. The zero-order valence-electron chi connectivity index (χ0n) is 16.6. The van der Waals surface area contributed by atoms with E-state index in [0.29, 0.717) is 11.6 Å². The zero-order chi connectivity index (χ0) is 20.6. The van der Waals surface area contributed by atoms with Gasteiger partial charge in [0.15, 0.2) is 0 Å². The third-order valence-electron chi connectivity index (χ3n) is 5.04. The van der Waals surface area contributed by atoms with Gasteiger partial charge in [0, 0.05) is 23.5 Å². The third-order valence-corrected chi connectivity index (χ3v) is 5.04. The zero-order valence-corrected chi connectivity index (χ0v) is 18.9. The summed E-state index contributed by atoms with van der Waals surface area (Å²) >= 11 is 0. The van der Waals surface area contributed by atoms with Crippen molar-refractivity contribution in [2.75, 3.05) is 0 Å². The quantitative estimate of drug-likeness (QED) is 0.227. The largest absolute Gasteiger partial charge is 2.00 e. The second-order valence-corrected chi connectivity index (χ2v) is 7.01. The van der Waals surface area contributed by atoms with Gasteiger partial charge in [0.1, 0.15) is 5.58 Å². The van der Waals surface area contributed by atoms with E-state index >= 15 is 0 Å². The van der Waals surface area contributed by atoms with Gasteiger partial charge in [0.2, 0.25) is 5.88 Å². The Hall–Kier alpha value is -3.69. The summed E-state index contributed by atoms with van der Waals surface area (Å²) in [6.07, 6.45) is 3.58. The van der Waals surface area contributed by atoms with Crippen LogP contribution in [0.15, 0.2) is 95.7 Å². The molecule has 0 atom stereocenters. The SMILES string of the molecule is [Pt+2].[c-]1c(Oc2cccc(-c3[c-]ccc4c3oc3ccccc34)n2)cccc1-n1cccn1. The molecule has 0 radical (unpaired) electrons. The van der Waals surface area contributed by atoms with E-state index in [0.717, 1.165) is 38.9 Å². The molecule has 0 amide bonds. The normalized spacial score (nSPS) is 10.9. The van der Waals surface area contributed by atoms with Crippen LogP contribution in [0.2, 0.25) is 0 Å². The summed E-state index contributed by atoms with van der Waals surface area (Å²) in [5.74, 6) is 1.02. The van der Waals surface area contributed by atoms with Gasteiger partial charge in [-0.25, -0.2) is 0 Å². The molecular formula is C26H15N3O2Pt. The summed E-state index contributed by atoms with van der Waals surface area (Å²) in [6, 6.07) is 31.6. The van der Waals surface area contributed by atoms with E-state index in [9.17, 15) is 0 Å². The number of nitrogens with zero attached hydrogens (tertiary/aromatic N) is 3. The molecule has 0 unspecified atom stereocenters. The number of aromatic nitrogens is 3. The van der Waals surface area contributed by atoms with Gasteiger partial charge in [-0.3, -0.25) is 9.67 Å². The van der Waals surface area contributed by atoms with Crippen LogP contribution in [0.4, 0.5) is 0 Å². The standard InChI is InChI=1S/C26H15N3O2.Pt/c1-2-13-24-20(9-1)21-10-4-11-22(26(21)31-24)23-12-5-14-25(28-23)30-19-8-3-7-18(17-19)29-16-6-15-27-29;/h1-10,12-16H;/q-2;+2. The number of furan rings is 1. The van der Waals surface area contributed by atoms with Crippen molar-refractivity contribution in [1.29, 1.82) is 0 Å². The molecule has 0 saturated carbocycles. The van der Waals surface area contributed by atoms with E-state index in [1.807, 2.05) is 79.0 Å². The van der Waals surface area contributed by atoms with Crippen LogP contribution in [0.25, 0.3) is 38.9 Å². The molecule has 6 heteroatoms. The second kappa shape index (κ2) is 8.45. The molecule has 3 aromatic heterocycles. The maximum atomic E-state index is 6.13. The van der Waals surface area contributed by atoms with Crippen LogP contribution >= 0.6 is 0 Å². The second-order valence-electron chi connectivity index (χ2n) is 7.01. The predicted molar refractivity (Wildman–Crippen MR) is 118 cm³/mol. The fourth-order valence-electron chi connectivity index (χ4n) is 3.64. The van der Waals surface area contributed by atoms with Crippen LogP contribution in [0.5, 0.6) is 11.6 Å². The Balaban J connectivity index is 0.00000216. The van der Waals surface area contributed by atoms with Crippen LogP contribution < -0.4 is 4.74 Å². The Kier molecular flexibility index (Phi) is 5.34. The average Bonchev–Trinajstić information content (AvgIpc) is 3.48. The van der Waals surface area contributed by atoms with E-state index in [-0.39, 0.29) is 21.1 Å². The van der Waals surface area contributed by atoms with Crippen molar-refractivity contribution in [3.05, 3.63) is 103 Å². The molecule has 0 bridgehead atoms. The molecule has 156 valence electrons. The molecule has 6 rings (SSSR count). The van der Waals surface area contributed by atoms with Crippen LogP contribution in [0.1, 0.15) is 0 Å². The van der Waals surface area contributed by atoms with Gasteiger partial charge >= 0.3 is 21.1 Å². The molecular weight excluding hydrogens is 581 g/mol. The van der Waals surface area contributed by atoms with Crippen LogP contribution in [0.3, 0.4) is 0 Å². The van der Waals surface area contributed by atoms with Crippen molar-refractivity contribution in [1.82, 2.24) is 14.8 Å². The van der Waals surface area contributed by atoms with Crippen LogP contribution in [-0.2, 0) is 21.1 Å². The molecule has 0 N–H and O–H groups in total. The Morgan fingerprint density at radius 3 is 2.69 bits per heavy atom. The maximum absolute atomic E-state index is 6.13. The number of fused-ring (bicyclic) bond motifs is 3. The summed E-state index contributed by atoms with van der Waals surface area (Å²) < 4.78 is 13.9. The van der Waals surface area contributed by atoms with Gasteiger partial charge in [-0.05, 0) is 29.6 Å². The number of ether oxygens (including phenoxy) is 1. The summed E-state index contributed by atoms with van der Waals surface area (Å²) in [4.78, 5) is 4.70. The van der Waals surface area contributed by atoms with Gasteiger partial charge in [0.25, 0.3) is 0 Å². The Labute approximate surface area is 198 Å². The molecule has 3 heterocycles. The molecule has 5 nitrogen and oxygen atoms in total. The van der Waals surface area contributed by atoms with Crippen molar-refractivity contribution in [3.8, 4) is 28.6 Å². The fourth-order valence-corrected chi connectivity index (χ4v) is 3.64. The van der Waals surface area contributed by atoms with Gasteiger partial charge in [-0.15, -0.1) is 36.4 Å². The molecule has 0 spiro atoms. The first-order chi connectivity index (χ1) is 15.3. The fraction of sp³-hybridized carbons (Fsp3) is 0. The first kappa shape index (κ1) is 20.2. The van der Waals surface area contributed by atoms with Crippen molar-refractivity contribution < 1.29 is 30.2 Å². The number of hydrogen-bond acceptors (Lipinski definition) is 4. The van der Waals surface area contributed by atoms with Crippen molar-refractivity contribution in [2.24, 2.45) is 0 Å². The first-order valence-corrected chi connectivity index (χ1v) is 9.85. The number of para-hydroxylation sites is 1. The maximum Gasteiger partial charge on any atom is 2.00 e. The first-order valence-electron chi connectivity index (χ1n) is 9.85. The molecule has 3 aromatic carbocycles. The number of pyridine rings is 1. The molecule has 32 heavy (non-hydrogen) atoms. The monoisotopic (exact) mass is 596 g/mol. The average molecular weight is 597 g/mol. The van der Waals surface area contributed by atoms with Gasteiger partial charge in [-0.1, -0.05) is 41.3 Å². The van der Waals surface area contributed by atoms with E-state index < -0.39 is 0 Å². The summed E-state index contributed by atoms with van der Waals surface area (Å²) in [7, 11) is 0. The summed E-state index contributed by atoms with van der Waals surface area (Å²) in [6.45, 7) is 0. The topological polar surface area (TPSA) is 53.1 Å². The molecule has 0 fully saturated rings. The number of rotatable bonds is 4. The molecule has 6 aromatic rings. The van der Waals surface area contributed by atoms with Crippen molar-refractivity contribution in [2.45, 2.75) is 0 Å².